The summed E-state index contributed by atoms with van der Waals surface area (Å²) in [7, 11) is 1.49. The van der Waals surface area contributed by atoms with Crippen molar-refractivity contribution in [3.63, 3.8) is 0 Å². The van der Waals surface area contributed by atoms with Crippen molar-refractivity contribution in [2.24, 2.45) is 5.10 Å². The van der Waals surface area contributed by atoms with E-state index in [-0.39, 0.29) is 18.1 Å². The molecular weight excluding hydrogens is 498 g/mol. The highest BCUT2D eigenvalue weighted by Crippen LogP contribution is 2.33. The van der Waals surface area contributed by atoms with Crippen LogP contribution >= 0.6 is 27.3 Å². The number of hydrogen-bond donors (Lipinski definition) is 1. The number of anilines is 1. The third-order valence-electron chi connectivity index (χ3n) is 4.04. The van der Waals surface area contributed by atoms with Crippen molar-refractivity contribution in [2.75, 3.05) is 19.1 Å². The second-order valence-electron chi connectivity index (χ2n) is 6.28. The van der Waals surface area contributed by atoms with E-state index < -0.39 is 5.97 Å². The van der Waals surface area contributed by atoms with E-state index in [1.165, 1.54) is 18.4 Å². The molecular formula is C22H20BrN3O5S. The fraction of sp³-hybridized carbons (Fsp3) is 0.182. The molecule has 3 rings (SSSR count). The van der Waals surface area contributed by atoms with Gasteiger partial charge in [0.05, 0.1) is 37.6 Å². The zero-order valence-corrected chi connectivity index (χ0v) is 19.7. The summed E-state index contributed by atoms with van der Waals surface area (Å²) >= 11 is 4.78. The van der Waals surface area contributed by atoms with Gasteiger partial charge in [-0.3, -0.25) is 10.2 Å². The van der Waals surface area contributed by atoms with Crippen LogP contribution in [0.15, 0.2) is 57.4 Å². The monoisotopic (exact) mass is 517 g/mol. The predicted octanol–water partition coefficient (Wildman–Crippen LogP) is 4.69. The van der Waals surface area contributed by atoms with Gasteiger partial charge >= 0.3 is 11.9 Å². The number of ether oxygens (including phenoxy) is 3. The Kier molecular flexibility index (Phi) is 8.34. The Hall–Kier alpha value is -3.24. The van der Waals surface area contributed by atoms with E-state index in [1.54, 1.807) is 54.9 Å². The molecule has 0 saturated heterocycles. The molecule has 0 aliphatic heterocycles. The molecule has 0 amide bonds. The van der Waals surface area contributed by atoms with Crippen molar-refractivity contribution in [2.45, 2.75) is 13.3 Å². The maximum Gasteiger partial charge on any atom is 0.343 e. The van der Waals surface area contributed by atoms with E-state index in [1.807, 2.05) is 6.07 Å². The molecule has 0 bridgehead atoms. The van der Waals surface area contributed by atoms with Crippen LogP contribution in [0.4, 0.5) is 5.13 Å². The molecule has 1 N–H and O–H groups in total. The lowest BCUT2D eigenvalue weighted by Gasteiger charge is -2.11. The Morgan fingerprint density at radius 3 is 2.72 bits per heavy atom. The SMILES string of the molecule is CCOC(=O)Cc1csc(NN=Cc2cc(OC)c(OC(=O)c3ccccc3)cc2Br)n1. The van der Waals surface area contributed by atoms with Crippen LogP contribution in [0.25, 0.3) is 0 Å². The second kappa shape index (κ2) is 11.4. The standard InChI is InChI=1S/C22H20BrN3O5S/c1-3-30-20(27)10-16-13-32-22(25-16)26-24-12-15-9-18(29-2)19(11-17(15)23)31-21(28)14-7-5-4-6-8-14/h4-9,11-13H,3,10H2,1-2H3,(H,25,26). The molecule has 8 nitrogen and oxygen atoms in total. The van der Waals surface area contributed by atoms with Gasteiger partial charge in [-0.25, -0.2) is 9.78 Å². The molecule has 0 aliphatic rings. The minimum atomic E-state index is -0.485. The first-order chi connectivity index (χ1) is 15.5. The van der Waals surface area contributed by atoms with Gasteiger partial charge in [0.15, 0.2) is 11.5 Å². The fourth-order valence-corrected chi connectivity index (χ4v) is 3.66. The van der Waals surface area contributed by atoms with Gasteiger partial charge in [-0.15, -0.1) is 11.3 Å². The van der Waals surface area contributed by atoms with Crippen LogP contribution in [0.3, 0.4) is 0 Å². The number of benzene rings is 2. The van der Waals surface area contributed by atoms with Gasteiger partial charge in [-0.2, -0.15) is 5.10 Å². The second-order valence-corrected chi connectivity index (χ2v) is 7.99. The van der Waals surface area contributed by atoms with Crippen LogP contribution in [0.5, 0.6) is 11.5 Å². The molecule has 1 heterocycles. The van der Waals surface area contributed by atoms with Crippen LogP contribution < -0.4 is 14.9 Å². The van der Waals surface area contributed by atoms with E-state index in [2.05, 4.69) is 31.4 Å². The van der Waals surface area contributed by atoms with E-state index in [0.717, 1.165) is 0 Å². The maximum atomic E-state index is 12.3. The summed E-state index contributed by atoms with van der Waals surface area (Å²) in [6.45, 7) is 2.09. The molecule has 166 valence electrons. The van der Waals surface area contributed by atoms with Crippen molar-refractivity contribution in [3.8, 4) is 11.5 Å². The third-order valence-corrected chi connectivity index (χ3v) is 5.52. The smallest absolute Gasteiger partial charge is 0.343 e. The van der Waals surface area contributed by atoms with Gasteiger partial charge in [0, 0.05) is 15.4 Å². The molecule has 0 fully saturated rings. The largest absolute Gasteiger partial charge is 0.493 e. The van der Waals surface area contributed by atoms with E-state index in [0.29, 0.717) is 38.8 Å². The lowest BCUT2D eigenvalue weighted by Crippen LogP contribution is -2.09. The van der Waals surface area contributed by atoms with Crippen LogP contribution in [0.1, 0.15) is 28.5 Å². The Bertz CT molecular complexity index is 1120. The maximum absolute atomic E-state index is 12.3. The summed E-state index contributed by atoms with van der Waals surface area (Å²) in [5, 5.41) is 6.48. The Labute approximate surface area is 197 Å². The first-order valence-electron chi connectivity index (χ1n) is 9.54. The molecule has 2 aromatic carbocycles. The minimum Gasteiger partial charge on any atom is -0.493 e. The van der Waals surface area contributed by atoms with Gasteiger partial charge in [0.1, 0.15) is 0 Å². The number of hydrazone groups is 1. The molecule has 0 saturated carbocycles. The van der Waals surface area contributed by atoms with Crippen molar-refractivity contribution >= 4 is 50.6 Å². The number of methoxy groups -OCH3 is 1. The van der Waals surface area contributed by atoms with E-state index in [9.17, 15) is 9.59 Å². The minimum absolute atomic E-state index is 0.113. The summed E-state index contributed by atoms with van der Waals surface area (Å²) in [6, 6.07) is 12.0. The first-order valence-corrected chi connectivity index (χ1v) is 11.2. The number of carbonyl (C=O) groups is 2. The van der Waals surface area contributed by atoms with E-state index >= 15 is 0 Å². The zero-order chi connectivity index (χ0) is 22.9. The summed E-state index contributed by atoms with van der Waals surface area (Å²) in [4.78, 5) is 28.2. The lowest BCUT2D eigenvalue weighted by molar-refractivity contribution is -0.142. The van der Waals surface area contributed by atoms with Crippen molar-refractivity contribution in [1.82, 2.24) is 4.98 Å². The van der Waals surface area contributed by atoms with Crippen molar-refractivity contribution in [3.05, 3.63) is 69.1 Å². The Morgan fingerprint density at radius 2 is 2.00 bits per heavy atom. The molecule has 10 heteroatoms. The summed E-state index contributed by atoms with van der Waals surface area (Å²) < 4.78 is 16.4. The number of thiazole rings is 1. The predicted molar refractivity (Wildman–Crippen MR) is 126 cm³/mol. The average Bonchev–Trinajstić information content (AvgIpc) is 3.23. The number of esters is 2. The number of carbonyl (C=O) groups excluding carboxylic acids is 2. The topological polar surface area (TPSA) is 99.1 Å². The molecule has 0 spiro atoms. The van der Waals surface area contributed by atoms with Crippen LogP contribution in [-0.2, 0) is 16.0 Å². The summed E-state index contributed by atoms with van der Waals surface area (Å²) in [6.07, 6.45) is 1.68. The van der Waals surface area contributed by atoms with Gasteiger partial charge in [0.2, 0.25) is 5.13 Å². The number of rotatable bonds is 9. The van der Waals surface area contributed by atoms with Crippen LogP contribution in [0.2, 0.25) is 0 Å². The molecule has 1 aromatic heterocycles. The van der Waals surface area contributed by atoms with Gasteiger partial charge in [0.25, 0.3) is 0 Å². The summed E-state index contributed by atoms with van der Waals surface area (Å²) in [5.41, 5.74) is 4.57. The van der Waals surface area contributed by atoms with Gasteiger partial charge in [-0.05, 0) is 47.1 Å². The highest BCUT2D eigenvalue weighted by atomic mass is 79.9. The average molecular weight is 518 g/mol. The number of nitrogens with zero attached hydrogens (tertiary/aromatic N) is 2. The van der Waals surface area contributed by atoms with Gasteiger partial charge in [-0.1, -0.05) is 18.2 Å². The van der Waals surface area contributed by atoms with Gasteiger partial charge < -0.3 is 14.2 Å². The summed E-state index contributed by atoms with van der Waals surface area (Å²) in [5.74, 6) is -0.148. The number of nitrogens with one attached hydrogen (secondary N) is 1. The third kappa shape index (κ3) is 6.38. The fourth-order valence-electron chi connectivity index (χ4n) is 2.58. The Balaban J connectivity index is 1.67. The first kappa shape index (κ1) is 23.4. The number of halogens is 1. The quantitative estimate of drug-likeness (QED) is 0.190. The normalized spacial score (nSPS) is 10.7. The van der Waals surface area contributed by atoms with Crippen molar-refractivity contribution < 1.29 is 23.8 Å². The lowest BCUT2D eigenvalue weighted by atomic mass is 10.2. The van der Waals surface area contributed by atoms with Crippen molar-refractivity contribution in [1.29, 1.82) is 0 Å². The number of hydrogen-bond acceptors (Lipinski definition) is 9. The van der Waals surface area contributed by atoms with E-state index in [4.69, 9.17) is 14.2 Å². The van der Waals surface area contributed by atoms with Crippen LogP contribution in [-0.4, -0.2) is 36.9 Å². The number of aromatic nitrogens is 1. The highest BCUT2D eigenvalue weighted by molar-refractivity contribution is 9.10. The molecule has 0 atom stereocenters. The highest BCUT2D eigenvalue weighted by Gasteiger charge is 2.15. The zero-order valence-electron chi connectivity index (χ0n) is 17.3. The Morgan fingerprint density at radius 1 is 1.22 bits per heavy atom. The molecule has 0 unspecified atom stereocenters. The molecule has 32 heavy (non-hydrogen) atoms. The molecule has 3 aromatic rings. The molecule has 0 aliphatic carbocycles. The van der Waals surface area contributed by atoms with Crippen LogP contribution in [0, 0.1) is 0 Å². The molecule has 0 radical (unpaired) electrons.